The topological polar surface area (TPSA) is 9.23 Å². The standard InChI is InChI=1S/C12H15BrO/c1-2-9-14-12-7-3-5-11(10-12)6-4-8-13/h3-7,10H,2,8-9H2,1H3. The number of allylic oxidation sites excluding steroid dienone is 1. The molecular formula is C12H15BrO. The fourth-order valence-electron chi connectivity index (χ4n) is 1.11. The van der Waals surface area contributed by atoms with Crippen molar-refractivity contribution in [1.82, 2.24) is 0 Å². The van der Waals surface area contributed by atoms with Gasteiger partial charge in [-0.05, 0) is 24.1 Å². The summed E-state index contributed by atoms with van der Waals surface area (Å²) < 4.78 is 5.53. The molecule has 0 amide bonds. The zero-order valence-corrected chi connectivity index (χ0v) is 9.96. The summed E-state index contributed by atoms with van der Waals surface area (Å²) in [5.41, 5.74) is 1.18. The second-order valence-electron chi connectivity index (χ2n) is 2.98. The number of halogens is 1. The van der Waals surface area contributed by atoms with Crippen molar-refractivity contribution in [2.45, 2.75) is 13.3 Å². The molecule has 0 aliphatic heterocycles. The van der Waals surface area contributed by atoms with Crippen LogP contribution in [0.1, 0.15) is 18.9 Å². The van der Waals surface area contributed by atoms with Gasteiger partial charge in [-0.2, -0.15) is 0 Å². The lowest BCUT2D eigenvalue weighted by Gasteiger charge is -2.04. The molecule has 0 unspecified atom stereocenters. The van der Waals surface area contributed by atoms with Gasteiger partial charge in [0.2, 0.25) is 0 Å². The molecule has 0 saturated carbocycles. The van der Waals surface area contributed by atoms with E-state index in [1.807, 2.05) is 12.1 Å². The Hall–Kier alpha value is -0.760. The normalized spacial score (nSPS) is 10.7. The summed E-state index contributed by atoms with van der Waals surface area (Å²) in [6.07, 6.45) is 5.19. The molecule has 76 valence electrons. The van der Waals surface area contributed by atoms with Gasteiger partial charge in [0.05, 0.1) is 6.61 Å². The molecule has 2 heteroatoms. The van der Waals surface area contributed by atoms with Crippen molar-refractivity contribution >= 4 is 22.0 Å². The highest BCUT2D eigenvalue weighted by Crippen LogP contribution is 2.14. The minimum atomic E-state index is 0.783. The smallest absolute Gasteiger partial charge is 0.119 e. The first-order valence-electron chi connectivity index (χ1n) is 4.82. The van der Waals surface area contributed by atoms with Crippen molar-refractivity contribution in [3.05, 3.63) is 35.9 Å². The minimum Gasteiger partial charge on any atom is -0.494 e. The van der Waals surface area contributed by atoms with Gasteiger partial charge in [-0.25, -0.2) is 0 Å². The van der Waals surface area contributed by atoms with Crippen LogP contribution in [-0.4, -0.2) is 11.9 Å². The molecule has 0 heterocycles. The average molecular weight is 255 g/mol. The van der Waals surface area contributed by atoms with Crippen LogP contribution in [0.25, 0.3) is 6.08 Å². The monoisotopic (exact) mass is 254 g/mol. The summed E-state index contributed by atoms with van der Waals surface area (Å²) in [6, 6.07) is 8.12. The fourth-order valence-corrected chi connectivity index (χ4v) is 1.30. The van der Waals surface area contributed by atoms with Crippen LogP contribution >= 0.6 is 15.9 Å². The van der Waals surface area contributed by atoms with Crippen LogP contribution < -0.4 is 4.74 Å². The van der Waals surface area contributed by atoms with Crippen molar-refractivity contribution < 1.29 is 4.74 Å². The number of hydrogen-bond acceptors (Lipinski definition) is 1. The summed E-state index contributed by atoms with van der Waals surface area (Å²) >= 11 is 3.35. The molecule has 0 N–H and O–H groups in total. The fraction of sp³-hybridized carbons (Fsp3) is 0.333. The Morgan fingerprint density at radius 2 is 2.29 bits per heavy atom. The third-order valence-electron chi connectivity index (χ3n) is 1.73. The lowest BCUT2D eigenvalue weighted by molar-refractivity contribution is 0.317. The highest BCUT2D eigenvalue weighted by atomic mass is 79.9. The van der Waals surface area contributed by atoms with Crippen molar-refractivity contribution in [2.75, 3.05) is 11.9 Å². The molecule has 0 aromatic heterocycles. The SMILES string of the molecule is CCCOc1cccc(C=CCBr)c1. The van der Waals surface area contributed by atoms with Crippen molar-refractivity contribution in [3.63, 3.8) is 0 Å². The van der Waals surface area contributed by atoms with E-state index in [-0.39, 0.29) is 0 Å². The maximum Gasteiger partial charge on any atom is 0.119 e. The van der Waals surface area contributed by atoms with Crippen LogP contribution in [0.4, 0.5) is 0 Å². The van der Waals surface area contributed by atoms with Gasteiger partial charge < -0.3 is 4.74 Å². The Kier molecular flexibility index (Phi) is 5.38. The Bertz CT molecular complexity index is 294. The zero-order chi connectivity index (χ0) is 10.2. The molecule has 1 aromatic rings. The Labute approximate surface area is 93.9 Å². The van der Waals surface area contributed by atoms with Crippen LogP contribution in [0.15, 0.2) is 30.3 Å². The van der Waals surface area contributed by atoms with E-state index in [0.29, 0.717) is 0 Å². The molecule has 0 radical (unpaired) electrons. The van der Waals surface area contributed by atoms with E-state index in [1.54, 1.807) is 0 Å². The summed E-state index contributed by atoms with van der Waals surface area (Å²) in [7, 11) is 0. The third-order valence-corrected chi connectivity index (χ3v) is 2.10. The lowest BCUT2D eigenvalue weighted by Crippen LogP contribution is -1.94. The van der Waals surface area contributed by atoms with Crippen LogP contribution in [0.5, 0.6) is 5.75 Å². The van der Waals surface area contributed by atoms with Crippen LogP contribution in [0, 0.1) is 0 Å². The van der Waals surface area contributed by atoms with Crippen molar-refractivity contribution in [1.29, 1.82) is 0 Å². The van der Waals surface area contributed by atoms with E-state index in [4.69, 9.17) is 4.74 Å². The summed E-state index contributed by atoms with van der Waals surface area (Å²) in [6.45, 7) is 2.89. The first kappa shape index (κ1) is 11.3. The number of rotatable bonds is 5. The van der Waals surface area contributed by atoms with Gasteiger partial charge in [-0.3, -0.25) is 0 Å². The van der Waals surface area contributed by atoms with Crippen LogP contribution in [0.2, 0.25) is 0 Å². The maximum atomic E-state index is 5.53. The molecule has 14 heavy (non-hydrogen) atoms. The van der Waals surface area contributed by atoms with E-state index in [1.165, 1.54) is 5.56 Å². The number of hydrogen-bond donors (Lipinski definition) is 0. The molecule has 1 nitrogen and oxygen atoms in total. The van der Waals surface area contributed by atoms with Crippen molar-refractivity contribution in [3.8, 4) is 5.75 Å². The predicted octanol–water partition coefficient (Wildman–Crippen LogP) is 3.88. The van der Waals surface area contributed by atoms with Crippen molar-refractivity contribution in [2.24, 2.45) is 0 Å². The highest BCUT2D eigenvalue weighted by molar-refractivity contribution is 9.09. The van der Waals surface area contributed by atoms with Gasteiger partial charge in [-0.15, -0.1) is 0 Å². The quantitative estimate of drug-likeness (QED) is 0.725. The molecular weight excluding hydrogens is 240 g/mol. The van der Waals surface area contributed by atoms with E-state index >= 15 is 0 Å². The molecule has 0 atom stereocenters. The molecule has 0 bridgehead atoms. The Morgan fingerprint density at radius 1 is 1.43 bits per heavy atom. The third kappa shape index (κ3) is 3.97. The summed E-state index contributed by atoms with van der Waals surface area (Å²) in [4.78, 5) is 0. The van der Waals surface area contributed by atoms with Crippen LogP contribution in [-0.2, 0) is 0 Å². The molecule has 1 aromatic carbocycles. The average Bonchev–Trinajstić information content (AvgIpc) is 2.24. The second-order valence-corrected chi connectivity index (χ2v) is 3.63. The summed E-state index contributed by atoms with van der Waals surface area (Å²) in [5, 5.41) is 0.882. The molecule has 1 rings (SSSR count). The van der Waals surface area contributed by atoms with Gasteiger partial charge in [0.15, 0.2) is 0 Å². The molecule has 0 fully saturated rings. The second kappa shape index (κ2) is 6.66. The van der Waals surface area contributed by atoms with Gasteiger partial charge >= 0.3 is 0 Å². The Balaban J connectivity index is 2.63. The lowest BCUT2D eigenvalue weighted by atomic mass is 10.2. The van der Waals surface area contributed by atoms with Gasteiger partial charge in [0.25, 0.3) is 0 Å². The first-order chi connectivity index (χ1) is 6.86. The molecule has 0 aliphatic carbocycles. The maximum absolute atomic E-state index is 5.53. The minimum absolute atomic E-state index is 0.783. The van der Waals surface area contributed by atoms with Gasteiger partial charge in [0.1, 0.15) is 5.75 Å². The molecule has 0 aliphatic rings. The molecule has 0 saturated heterocycles. The Morgan fingerprint density at radius 3 is 3.00 bits per heavy atom. The number of alkyl halides is 1. The molecule has 0 spiro atoms. The van der Waals surface area contributed by atoms with E-state index < -0.39 is 0 Å². The van der Waals surface area contributed by atoms with E-state index in [9.17, 15) is 0 Å². The van der Waals surface area contributed by atoms with E-state index in [0.717, 1.165) is 24.1 Å². The highest BCUT2D eigenvalue weighted by Gasteiger charge is 1.92. The number of benzene rings is 1. The first-order valence-corrected chi connectivity index (χ1v) is 5.94. The number of ether oxygens (including phenoxy) is 1. The predicted molar refractivity (Wildman–Crippen MR) is 65.1 cm³/mol. The summed E-state index contributed by atoms with van der Waals surface area (Å²) in [5.74, 6) is 0.948. The van der Waals surface area contributed by atoms with Gasteiger partial charge in [-0.1, -0.05) is 47.1 Å². The van der Waals surface area contributed by atoms with Gasteiger partial charge in [0, 0.05) is 5.33 Å². The van der Waals surface area contributed by atoms with Crippen LogP contribution in [0.3, 0.4) is 0 Å². The zero-order valence-electron chi connectivity index (χ0n) is 8.37. The largest absolute Gasteiger partial charge is 0.494 e. The van der Waals surface area contributed by atoms with E-state index in [2.05, 4.69) is 47.1 Å².